The van der Waals surface area contributed by atoms with Gasteiger partial charge in [0.05, 0.1) is 6.61 Å². The molecule has 2 aliphatic rings. The molecule has 2 bridgehead atoms. The molecule has 0 aliphatic carbocycles. The Balaban J connectivity index is 1.80. The molecule has 11 nitrogen and oxygen atoms in total. The minimum atomic E-state index is -1.86. The van der Waals surface area contributed by atoms with Crippen LogP contribution in [0.3, 0.4) is 0 Å². The molecule has 43 heavy (non-hydrogen) atoms. The zero-order valence-electron chi connectivity index (χ0n) is 24.3. The van der Waals surface area contributed by atoms with Crippen LogP contribution in [0.4, 0.5) is 0 Å². The topological polar surface area (TPSA) is 133 Å². The summed E-state index contributed by atoms with van der Waals surface area (Å²) in [5.41, 5.74) is 0.376. The van der Waals surface area contributed by atoms with Gasteiger partial charge in [0.25, 0.3) is 0 Å². The summed E-state index contributed by atoms with van der Waals surface area (Å²) in [6.45, 7) is 8.04. The molecule has 0 amide bonds. The molecule has 2 aliphatic heterocycles. The van der Waals surface area contributed by atoms with E-state index < -0.39 is 60.2 Å². The first-order valence-electron chi connectivity index (χ1n) is 13.5. The van der Waals surface area contributed by atoms with Crippen molar-refractivity contribution in [1.29, 1.82) is 0 Å². The van der Waals surface area contributed by atoms with Crippen molar-refractivity contribution < 1.29 is 52.3 Å². The minimum absolute atomic E-state index is 0.266. The van der Waals surface area contributed by atoms with Gasteiger partial charge < -0.3 is 33.2 Å². The maximum absolute atomic E-state index is 12.4. The van der Waals surface area contributed by atoms with Crippen molar-refractivity contribution in [3.8, 4) is 5.75 Å². The summed E-state index contributed by atoms with van der Waals surface area (Å²) in [4.78, 5) is 48.7. The molecule has 230 valence electrons. The van der Waals surface area contributed by atoms with E-state index in [0.29, 0.717) is 34.9 Å². The predicted octanol–water partition coefficient (Wildman–Crippen LogP) is 3.81. The second kappa shape index (κ2) is 13.2. The van der Waals surface area contributed by atoms with E-state index in [0.717, 1.165) is 19.4 Å². The molecule has 0 spiro atoms. The van der Waals surface area contributed by atoms with Crippen LogP contribution in [0.15, 0.2) is 55.1 Å². The van der Waals surface area contributed by atoms with Gasteiger partial charge in [-0.1, -0.05) is 42.5 Å². The van der Waals surface area contributed by atoms with E-state index in [9.17, 15) is 19.2 Å². The second-order valence-electron chi connectivity index (χ2n) is 10.3. The number of halogens is 1. The Bertz CT molecular complexity index is 1390. The summed E-state index contributed by atoms with van der Waals surface area (Å²) in [6.07, 6.45) is -2.12. The maximum atomic E-state index is 12.4. The predicted molar refractivity (Wildman–Crippen MR) is 151 cm³/mol. The Morgan fingerprint density at radius 2 is 1.58 bits per heavy atom. The molecular weight excluding hydrogens is 584 g/mol. The number of esters is 4. The zero-order chi connectivity index (χ0) is 31.4. The average Bonchev–Trinajstić information content (AvgIpc) is 3.31. The normalized spacial score (nSPS) is 25.7. The second-order valence-corrected chi connectivity index (χ2v) is 10.7. The first kappa shape index (κ1) is 32.0. The minimum Gasteiger partial charge on any atom is -0.490 e. The summed E-state index contributed by atoms with van der Waals surface area (Å²) in [5, 5.41) is 0.450. The van der Waals surface area contributed by atoms with Gasteiger partial charge in [0.1, 0.15) is 19.0 Å². The van der Waals surface area contributed by atoms with Crippen molar-refractivity contribution >= 4 is 35.5 Å². The van der Waals surface area contributed by atoms with Crippen LogP contribution in [0.25, 0.3) is 0 Å². The third-order valence-electron chi connectivity index (χ3n) is 6.92. The molecule has 2 fully saturated rings. The standard InChI is InChI=1S/C31H33ClO11/c1-6-13-37-25-10-7-22(8-11-25)14-23-15-24(9-12-26(23)32)31-29(42-21(5)36)27(40-19(3)34)28(41-20(4)35)30(43-31,17-39-31)16-38-18(2)33/h6-12,15,27-29H,1,13-14,16-17H2,2-5H3/t27-,28-,29+,30-,31-/m0/s1. The molecule has 0 aromatic heterocycles. The van der Waals surface area contributed by atoms with Gasteiger partial charge >= 0.3 is 23.9 Å². The van der Waals surface area contributed by atoms with Gasteiger partial charge in [0, 0.05) is 38.3 Å². The van der Waals surface area contributed by atoms with Gasteiger partial charge in [-0.3, -0.25) is 19.2 Å². The first-order chi connectivity index (χ1) is 20.4. The van der Waals surface area contributed by atoms with Crippen LogP contribution < -0.4 is 4.74 Å². The number of hydrogen-bond donors (Lipinski definition) is 0. The number of rotatable bonds is 11. The fourth-order valence-electron chi connectivity index (χ4n) is 5.23. The highest BCUT2D eigenvalue weighted by atomic mass is 35.5. The zero-order valence-corrected chi connectivity index (χ0v) is 25.0. The van der Waals surface area contributed by atoms with Crippen molar-refractivity contribution in [2.24, 2.45) is 0 Å². The number of fused-ring (bicyclic) bond motifs is 2. The fourth-order valence-corrected chi connectivity index (χ4v) is 5.41. The van der Waals surface area contributed by atoms with Crippen molar-refractivity contribution in [1.82, 2.24) is 0 Å². The van der Waals surface area contributed by atoms with E-state index in [2.05, 4.69) is 6.58 Å². The lowest BCUT2D eigenvalue weighted by molar-refractivity contribution is -0.334. The molecule has 2 aromatic carbocycles. The summed E-state index contributed by atoms with van der Waals surface area (Å²) < 4.78 is 40.6. The van der Waals surface area contributed by atoms with Gasteiger partial charge in [-0.15, -0.1) is 0 Å². The number of hydrogen-bond acceptors (Lipinski definition) is 11. The molecule has 2 aromatic rings. The fraction of sp³-hybridized carbons (Fsp3) is 0.419. The van der Waals surface area contributed by atoms with Gasteiger partial charge in [-0.25, -0.2) is 0 Å². The Morgan fingerprint density at radius 3 is 2.19 bits per heavy atom. The number of carbonyl (C=O) groups excluding carboxylic acids is 4. The van der Waals surface area contributed by atoms with Gasteiger partial charge in [-0.2, -0.15) is 0 Å². The van der Waals surface area contributed by atoms with Crippen LogP contribution >= 0.6 is 11.6 Å². The van der Waals surface area contributed by atoms with E-state index in [1.54, 1.807) is 24.3 Å². The largest absolute Gasteiger partial charge is 0.490 e. The quantitative estimate of drug-likeness (QED) is 0.207. The third-order valence-corrected chi connectivity index (χ3v) is 7.29. The van der Waals surface area contributed by atoms with Crippen molar-refractivity contribution in [2.45, 2.75) is 63.8 Å². The van der Waals surface area contributed by atoms with Crippen LogP contribution in [0.5, 0.6) is 5.75 Å². The monoisotopic (exact) mass is 616 g/mol. The van der Waals surface area contributed by atoms with Crippen LogP contribution in [0, 0.1) is 0 Å². The SMILES string of the molecule is C=CCOc1ccc(Cc2cc([C@]34OC[C@](COC(C)=O)(O3)[C@@H](OC(C)=O)[C@H](OC(C)=O)[C@H]4OC(C)=O)ccc2Cl)cc1. The molecule has 0 N–H and O–H groups in total. The lowest BCUT2D eigenvalue weighted by Crippen LogP contribution is -2.68. The molecule has 0 unspecified atom stereocenters. The Kier molecular flexibility index (Phi) is 9.79. The Morgan fingerprint density at radius 1 is 0.930 bits per heavy atom. The molecule has 4 rings (SSSR count). The lowest BCUT2D eigenvalue weighted by Gasteiger charge is -2.49. The highest BCUT2D eigenvalue weighted by molar-refractivity contribution is 6.31. The molecule has 5 atom stereocenters. The molecule has 2 heterocycles. The molecule has 12 heteroatoms. The molecule has 0 saturated carbocycles. The Hall–Kier alpha value is -3.93. The number of benzene rings is 2. The molecule has 0 radical (unpaired) electrons. The van der Waals surface area contributed by atoms with Crippen LogP contribution in [-0.4, -0.2) is 67.6 Å². The van der Waals surface area contributed by atoms with Crippen LogP contribution in [-0.2, 0) is 59.8 Å². The first-order valence-corrected chi connectivity index (χ1v) is 13.9. The highest BCUT2D eigenvalue weighted by Gasteiger charge is 2.72. The van der Waals surface area contributed by atoms with Crippen LogP contribution in [0.1, 0.15) is 44.4 Å². The summed E-state index contributed by atoms with van der Waals surface area (Å²) in [5.74, 6) is -4.01. The van der Waals surface area contributed by atoms with Crippen molar-refractivity contribution in [3.05, 3.63) is 76.8 Å². The van der Waals surface area contributed by atoms with Crippen molar-refractivity contribution in [2.75, 3.05) is 19.8 Å². The van der Waals surface area contributed by atoms with Gasteiger partial charge in [0.15, 0.2) is 17.8 Å². The maximum Gasteiger partial charge on any atom is 0.303 e. The van der Waals surface area contributed by atoms with E-state index in [1.165, 1.54) is 13.8 Å². The molecule has 2 saturated heterocycles. The molecular formula is C31H33ClO11. The number of carbonyl (C=O) groups is 4. The lowest BCUT2D eigenvalue weighted by atomic mass is 9.83. The van der Waals surface area contributed by atoms with E-state index >= 15 is 0 Å². The highest BCUT2D eigenvalue weighted by Crippen LogP contribution is 2.53. The summed E-state index contributed by atoms with van der Waals surface area (Å²) in [7, 11) is 0. The third kappa shape index (κ3) is 7.01. The van der Waals surface area contributed by atoms with Gasteiger partial charge in [0.2, 0.25) is 11.9 Å². The Labute approximate surface area is 253 Å². The number of ether oxygens (including phenoxy) is 7. The van der Waals surface area contributed by atoms with E-state index in [1.807, 2.05) is 24.3 Å². The van der Waals surface area contributed by atoms with Crippen molar-refractivity contribution in [3.63, 3.8) is 0 Å². The summed E-state index contributed by atoms with van der Waals surface area (Å²) >= 11 is 6.61. The average molecular weight is 617 g/mol. The smallest absolute Gasteiger partial charge is 0.303 e. The van der Waals surface area contributed by atoms with Gasteiger partial charge in [-0.05, 0) is 41.8 Å². The van der Waals surface area contributed by atoms with E-state index in [-0.39, 0.29) is 6.61 Å². The summed E-state index contributed by atoms with van der Waals surface area (Å²) in [6, 6.07) is 12.5. The van der Waals surface area contributed by atoms with E-state index in [4.69, 9.17) is 44.8 Å². The van der Waals surface area contributed by atoms with Crippen LogP contribution in [0.2, 0.25) is 5.02 Å².